The molecular formula is C5H10F3NO. The van der Waals surface area contributed by atoms with Crippen LogP contribution in [0.15, 0.2) is 0 Å². The van der Waals surface area contributed by atoms with Crippen molar-refractivity contribution in [2.75, 3.05) is 20.6 Å². The molecule has 0 saturated carbocycles. The highest BCUT2D eigenvalue weighted by molar-refractivity contribution is 4.66. The third-order valence-electron chi connectivity index (χ3n) is 0.916. The fourth-order valence-electron chi connectivity index (χ4n) is 0.449. The van der Waals surface area contributed by atoms with Crippen LogP contribution in [0.1, 0.15) is 0 Å². The van der Waals surface area contributed by atoms with Gasteiger partial charge in [-0.15, -0.1) is 0 Å². The Morgan fingerprint density at radius 3 is 1.90 bits per heavy atom. The van der Waals surface area contributed by atoms with Crippen molar-refractivity contribution in [3.05, 3.63) is 0 Å². The van der Waals surface area contributed by atoms with Gasteiger partial charge in [0.05, 0.1) is 0 Å². The van der Waals surface area contributed by atoms with E-state index >= 15 is 0 Å². The van der Waals surface area contributed by atoms with E-state index in [1.807, 2.05) is 0 Å². The van der Waals surface area contributed by atoms with Gasteiger partial charge in [0.1, 0.15) is 0 Å². The minimum absolute atomic E-state index is 0.385. The number of aliphatic hydroxyl groups is 1. The summed E-state index contributed by atoms with van der Waals surface area (Å²) in [6.45, 7) is -0.385. The van der Waals surface area contributed by atoms with E-state index in [1.165, 1.54) is 19.0 Å². The van der Waals surface area contributed by atoms with Crippen LogP contribution in [-0.4, -0.2) is 42.9 Å². The number of alkyl halides is 3. The Hall–Kier alpha value is -0.290. The van der Waals surface area contributed by atoms with Gasteiger partial charge in [-0.3, -0.25) is 0 Å². The Labute approximate surface area is 57.2 Å². The van der Waals surface area contributed by atoms with E-state index in [0.717, 1.165) is 0 Å². The minimum atomic E-state index is -4.50. The maximum Gasteiger partial charge on any atom is 0.415 e. The first kappa shape index (κ1) is 9.71. The van der Waals surface area contributed by atoms with Crippen LogP contribution >= 0.6 is 0 Å². The predicted molar refractivity (Wildman–Crippen MR) is 30.6 cm³/mol. The lowest BCUT2D eigenvalue weighted by atomic mass is 10.3. The second-order valence-corrected chi connectivity index (χ2v) is 2.32. The second-order valence-electron chi connectivity index (χ2n) is 2.32. The predicted octanol–water partition coefficient (Wildman–Crippen LogP) is 0.471. The minimum Gasteiger partial charge on any atom is -0.382 e. The summed E-state index contributed by atoms with van der Waals surface area (Å²) in [4.78, 5) is 1.28. The lowest BCUT2D eigenvalue weighted by Crippen LogP contribution is -2.37. The summed E-state index contributed by atoms with van der Waals surface area (Å²) >= 11 is 0. The summed E-state index contributed by atoms with van der Waals surface area (Å²) < 4.78 is 34.6. The maximum absolute atomic E-state index is 11.5. The molecule has 10 heavy (non-hydrogen) atoms. The molecule has 0 aliphatic rings. The molecule has 0 aromatic rings. The van der Waals surface area contributed by atoms with Gasteiger partial charge in [-0.05, 0) is 14.1 Å². The zero-order chi connectivity index (χ0) is 8.36. The molecular weight excluding hydrogens is 147 g/mol. The second kappa shape index (κ2) is 3.21. The fraction of sp³-hybridized carbons (Fsp3) is 1.00. The number of nitrogens with zero attached hydrogens (tertiary/aromatic N) is 1. The van der Waals surface area contributed by atoms with Gasteiger partial charge in [0.2, 0.25) is 0 Å². The molecule has 0 radical (unpaired) electrons. The van der Waals surface area contributed by atoms with Crippen molar-refractivity contribution in [1.29, 1.82) is 0 Å². The van der Waals surface area contributed by atoms with Crippen LogP contribution in [0.25, 0.3) is 0 Å². The highest BCUT2D eigenvalue weighted by atomic mass is 19.4. The fourth-order valence-corrected chi connectivity index (χ4v) is 0.449. The molecule has 0 spiro atoms. The van der Waals surface area contributed by atoms with Crippen molar-refractivity contribution in [1.82, 2.24) is 4.90 Å². The molecule has 0 aliphatic carbocycles. The molecule has 0 bridgehead atoms. The van der Waals surface area contributed by atoms with Crippen molar-refractivity contribution >= 4 is 0 Å². The molecule has 0 heterocycles. The van der Waals surface area contributed by atoms with Gasteiger partial charge in [0.15, 0.2) is 6.10 Å². The van der Waals surface area contributed by atoms with Gasteiger partial charge in [0, 0.05) is 6.54 Å². The molecule has 1 N–H and O–H groups in total. The molecule has 1 unspecified atom stereocenters. The van der Waals surface area contributed by atoms with Crippen molar-refractivity contribution in [2.24, 2.45) is 0 Å². The summed E-state index contributed by atoms with van der Waals surface area (Å²) in [5.41, 5.74) is 0. The number of aliphatic hydroxyl groups excluding tert-OH is 1. The lowest BCUT2D eigenvalue weighted by Gasteiger charge is -2.17. The van der Waals surface area contributed by atoms with Crippen LogP contribution in [-0.2, 0) is 0 Å². The Bertz CT molecular complexity index is 102. The van der Waals surface area contributed by atoms with E-state index in [9.17, 15) is 13.2 Å². The standard InChI is InChI=1S/C5H10F3NO/c1-9(2)3-4(10)5(6,7)8/h4,10H,3H2,1-2H3. The topological polar surface area (TPSA) is 23.5 Å². The van der Waals surface area contributed by atoms with Crippen LogP contribution in [0.2, 0.25) is 0 Å². The van der Waals surface area contributed by atoms with Crippen LogP contribution in [0.3, 0.4) is 0 Å². The molecule has 5 heteroatoms. The Kier molecular flexibility index (Phi) is 3.11. The third-order valence-corrected chi connectivity index (χ3v) is 0.916. The maximum atomic E-state index is 11.5. The van der Waals surface area contributed by atoms with Gasteiger partial charge in [-0.2, -0.15) is 13.2 Å². The van der Waals surface area contributed by atoms with E-state index in [1.54, 1.807) is 0 Å². The molecule has 2 nitrogen and oxygen atoms in total. The first-order valence-corrected chi connectivity index (χ1v) is 2.73. The van der Waals surface area contributed by atoms with Gasteiger partial charge in [-0.25, -0.2) is 0 Å². The van der Waals surface area contributed by atoms with Gasteiger partial charge >= 0.3 is 6.18 Å². The van der Waals surface area contributed by atoms with Crippen LogP contribution in [0.4, 0.5) is 13.2 Å². The average Bonchev–Trinajstić information content (AvgIpc) is 1.60. The van der Waals surface area contributed by atoms with Crippen molar-refractivity contribution in [3.63, 3.8) is 0 Å². The number of hydrogen-bond donors (Lipinski definition) is 1. The smallest absolute Gasteiger partial charge is 0.382 e. The zero-order valence-electron chi connectivity index (χ0n) is 5.81. The highest BCUT2D eigenvalue weighted by Crippen LogP contribution is 2.19. The summed E-state index contributed by atoms with van der Waals surface area (Å²) in [5.74, 6) is 0. The molecule has 62 valence electrons. The molecule has 0 amide bonds. The monoisotopic (exact) mass is 157 g/mol. The third kappa shape index (κ3) is 3.68. The van der Waals surface area contributed by atoms with Gasteiger partial charge in [-0.1, -0.05) is 0 Å². The molecule has 1 atom stereocenters. The largest absolute Gasteiger partial charge is 0.415 e. The quantitative estimate of drug-likeness (QED) is 0.629. The van der Waals surface area contributed by atoms with Crippen LogP contribution in [0.5, 0.6) is 0 Å². The number of likely N-dealkylation sites (N-methyl/N-ethyl adjacent to an activating group) is 1. The number of rotatable bonds is 2. The molecule has 0 rings (SSSR count). The summed E-state index contributed by atoms with van der Waals surface area (Å²) in [6.07, 6.45) is -6.73. The first-order chi connectivity index (χ1) is 4.34. The van der Waals surface area contributed by atoms with Gasteiger partial charge < -0.3 is 10.0 Å². The van der Waals surface area contributed by atoms with E-state index < -0.39 is 12.3 Å². The molecule has 0 aliphatic heterocycles. The summed E-state index contributed by atoms with van der Waals surface area (Å²) in [7, 11) is 2.93. The molecule has 0 fully saturated rings. The van der Waals surface area contributed by atoms with Crippen molar-refractivity contribution in [3.8, 4) is 0 Å². The highest BCUT2D eigenvalue weighted by Gasteiger charge is 2.38. The Morgan fingerprint density at radius 1 is 1.40 bits per heavy atom. The zero-order valence-corrected chi connectivity index (χ0v) is 5.81. The number of hydrogen-bond acceptors (Lipinski definition) is 2. The normalized spacial score (nSPS) is 15.9. The van der Waals surface area contributed by atoms with Crippen LogP contribution in [0, 0.1) is 0 Å². The molecule has 0 saturated heterocycles. The van der Waals surface area contributed by atoms with E-state index in [-0.39, 0.29) is 6.54 Å². The summed E-state index contributed by atoms with van der Waals surface area (Å²) in [6, 6.07) is 0. The lowest BCUT2D eigenvalue weighted by molar-refractivity contribution is -0.206. The van der Waals surface area contributed by atoms with E-state index in [2.05, 4.69) is 0 Å². The SMILES string of the molecule is CN(C)CC(O)C(F)(F)F. The van der Waals surface area contributed by atoms with Gasteiger partial charge in [0.25, 0.3) is 0 Å². The van der Waals surface area contributed by atoms with E-state index in [4.69, 9.17) is 5.11 Å². The molecule has 0 aromatic carbocycles. The Morgan fingerprint density at radius 2 is 1.80 bits per heavy atom. The first-order valence-electron chi connectivity index (χ1n) is 2.73. The average molecular weight is 157 g/mol. The van der Waals surface area contributed by atoms with Crippen molar-refractivity contribution < 1.29 is 18.3 Å². The van der Waals surface area contributed by atoms with Crippen molar-refractivity contribution in [2.45, 2.75) is 12.3 Å². The Balaban J connectivity index is 3.73. The van der Waals surface area contributed by atoms with Crippen LogP contribution < -0.4 is 0 Å². The van der Waals surface area contributed by atoms with E-state index in [0.29, 0.717) is 0 Å². The number of halogens is 3. The summed E-state index contributed by atoms with van der Waals surface area (Å²) in [5, 5.41) is 8.39. The molecule has 0 aromatic heterocycles.